The minimum Gasteiger partial charge on any atom is -0.368 e. The first-order valence-corrected chi connectivity index (χ1v) is 9.92. The van der Waals surface area contributed by atoms with Crippen LogP contribution in [0.1, 0.15) is 16.1 Å². The van der Waals surface area contributed by atoms with E-state index >= 15 is 0 Å². The molecule has 1 saturated heterocycles. The van der Waals surface area contributed by atoms with Gasteiger partial charge in [0.25, 0.3) is 17.2 Å². The fraction of sp³-hybridized carbons (Fsp3) is 0.227. The van der Waals surface area contributed by atoms with E-state index in [0.29, 0.717) is 32.7 Å². The summed E-state index contributed by atoms with van der Waals surface area (Å²) in [5.41, 5.74) is 1.84. The summed E-state index contributed by atoms with van der Waals surface area (Å²) in [5.74, 6) is -0.217. The van der Waals surface area contributed by atoms with Crippen LogP contribution in [-0.2, 0) is 6.54 Å². The summed E-state index contributed by atoms with van der Waals surface area (Å²) in [5, 5.41) is 15.1. The topological polar surface area (TPSA) is 102 Å². The maximum atomic E-state index is 12.9. The minimum absolute atomic E-state index is 0.0502. The lowest BCUT2D eigenvalue weighted by Gasteiger charge is -2.35. The molecule has 0 bridgehead atoms. The lowest BCUT2D eigenvalue weighted by Crippen LogP contribution is -2.49. The second-order valence-corrected chi connectivity index (χ2v) is 7.25. The van der Waals surface area contributed by atoms with Gasteiger partial charge in [-0.3, -0.25) is 19.7 Å². The van der Waals surface area contributed by atoms with E-state index in [1.807, 2.05) is 30.3 Å². The molecule has 1 amide bonds. The Balaban J connectivity index is 1.42. The van der Waals surface area contributed by atoms with Gasteiger partial charge in [-0.2, -0.15) is 5.10 Å². The van der Waals surface area contributed by atoms with E-state index in [9.17, 15) is 19.7 Å². The molecule has 0 spiro atoms. The molecule has 1 aliphatic heterocycles. The first-order valence-electron chi connectivity index (χ1n) is 9.92. The molecular weight excluding hydrogens is 398 g/mol. The Morgan fingerprint density at radius 1 is 0.935 bits per heavy atom. The summed E-state index contributed by atoms with van der Waals surface area (Å²) < 4.78 is 1.30. The van der Waals surface area contributed by atoms with Crippen LogP contribution in [0.25, 0.3) is 0 Å². The smallest absolute Gasteiger partial charge is 0.274 e. The molecule has 2 aromatic carbocycles. The second-order valence-electron chi connectivity index (χ2n) is 7.25. The summed E-state index contributed by atoms with van der Waals surface area (Å²) in [6, 6.07) is 18.7. The Kier molecular flexibility index (Phi) is 5.74. The lowest BCUT2D eigenvalue weighted by atomic mass is 10.2. The monoisotopic (exact) mass is 419 g/mol. The zero-order valence-electron chi connectivity index (χ0n) is 16.8. The normalized spacial score (nSPS) is 13.8. The first kappa shape index (κ1) is 20.3. The largest absolute Gasteiger partial charge is 0.368 e. The molecule has 4 rings (SSSR count). The summed E-state index contributed by atoms with van der Waals surface area (Å²) in [6.45, 7) is 2.50. The highest BCUT2D eigenvalue weighted by molar-refractivity contribution is 5.92. The van der Waals surface area contributed by atoms with Crippen molar-refractivity contribution in [1.29, 1.82) is 0 Å². The first-order chi connectivity index (χ1) is 15.0. The van der Waals surface area contributed by atoms with Gasteiger partial charge in [0.15, 0.2) is 0 Å². The average Bonchev–Trinajstić information content (AvgIpc) is 2.81. The van der Waals surface area contributed by atoms with Gasteiger partial charge < -0.3 is 9.80 Å². The quantitative estimate of drug-likeness (QED) is 0.464. The van der Waals surface area contributed by atoms with Gasteiger partial charge in [-0.1, -0.05) is 30.3 Å². The van der Waals surface area contributed by atoms with Crippen LogP contribution < -0.4 is 10.5 Å². The van der Waals surface area contributed by atoms with Crippen LogP contribution in [0.4, 0.5) is 11.4 Å². The summed E-state index contributed by atoms with van der Waals surface area (Å²) >= 11 is 0. The highest BCUT2D eigenvalue weighted by Gasteiger charge is 2.24. The number of carbonyl (C=O) groups is 1. The molecule has 2 heterocycles. The Labute approximate surface area is 178 Å². The van der Waals surface area contributed by atoms with Crippen molar-refractivity contribution in [3.05, 3.63) is 98.5 Å². The van der Waals surface area contributed by atoms with E-state index in [4.69, 9.17) is 0 Å². The highest BCUT2D eigenvalue weighted by atomic mass is 16.6. The molecule has 158 valence electrons. The van der Waals surface area contributed by atoms with Crippen LogP contribution in [0, 0.1) is 10.1 Å². The fourth-order valence-electron chi connectivity index (χ4n) is 3.55. The maximum absolute atomic E-state index is 12.9. The van der Waals surface area contributed by atoms with Crippen molar-refractivity contribution in [2.24, 2.45) is 0 Å². The standard InChI is InChI=1S/C22H21N5O4/c28-21-11-10-20(23-26(21)16-17-4-2-1-3-5-17)22(29)25-14-12-24(13-15-25)18-6-8-19(9-7-18)27(30)31/h1-11H,12-16H2. The number of nitro benzene ring substituents is 1. The number of amides is 1. The molecular formula is C22H21N5O4. The minimum atomic E-state index is -0.426. The third-order valence-corrected chi connectivity index (χ3v) is 5.25. The van der Waals surface area contributed by atoms with E-state index in [2.05, 4.69) is 10.00 Å². The van der Waals surface area contributed by atoms with Crippen molar-refractivity contribution >= 4 is 17.3 Å². The molecule has 0 atom stereocenters. The van der Waals surface area contributed by atoms with Gasteiger partial charge in [-0.05, 0) is 23.8 Å². The number of aromatic nitrogens is 2. The number of nitrogens with zero attached hydrogens (tertiary/aromatic N) is 5. The number of benzene rings is 2. The van der Waals surface area contributed by atoms with Gasteiger partial charge in [0, 0.05) is 50.1 Å². The van der Waals surface area contributed by atoms with E-state index in [0.717, 1.165) is 11.3 Å². The number of non-ortho nitro benzene ring substituents is 1. The van der Waals surface area contributed by atoms with Crippen LogP contribution >= 0.6 is 0 Å². The van der Waals surface area contributed by atoms with Crippen molar-refractivity contribution < 1.29 is 9.72 Å². The molecule has 0 unspecified atom stereocenters. The maximum Gasteiger partial charge on any atom is 0.274 e. The van der Waals surface area contributed by atoms with Crippen LogP contribution in [0.3, 0.4) is 0 Å². The number of hydrogen-bond acceptors (Lipinski definition) is 6. The predicted octanol–water partition coefficient (Wildman–Crippen LogP) is 2.16. The number of rotatable bonds is 5. The average molecular weight is 419 g/mol. The fourth-order valence-corrected chi connectivity index (χ4v) is 3.55. The van der Waals surface area contributed by atoms with Crippen molar-refractivity contribution in [3.8, 4) is 0 Å². The Bertz CT molecular complexity index is 1140. The van der Waals surface area contributed by atoms with E-state index in [1.165, 1.54) is 28.9 Å². The number of nitro groups is 1. The van der Waals surface area contributed by atoms with Gasteiger partial charge in [-0.15, -0.1) is 0 Å². The van der Waals surface area contributed by atoms with Gasteiger partial charge in [0.05, 0.1) is 11.5 Å². The highest BCUT2D eigenvalue weighted by Crippen LogP contribution is 2.21. The predicted molar refractivity (Wildman–Crippen MR) is 115 cm³/mol. The molecule has 0 aliphatic carbocycles. The lowest BCUT2D eigenvalue weighted by molar-refractivity contribution is -0.384. The van der Waals surface area contributed by atoms with Crippen molar-refractivity contribution in [1.82, 2.24) is 14.7 Å². The number of piperazine rings is 1. The van der Waals surface area contributed by atoms with Crippen molar-refractivity contribution in [3.63, 3.8) is 0 Å². The second kappa shape index (κ2) is 8.78. The molecule has 1 aliphatic rings. The zero-order chi connectivity index (χ0) is 21.8. The molecule has 3 aromatic rings. The van der Waals surface area contributed by atoms with Crippen molar-refractivity contribution in [2.45, 2.75) is 6.54 Å². The summed E-state index contributed by atoms with van der Waals surface area (Å²) in [6.07, 6.45) is 0. The molecule has 1 fully saturated rings. The molecule has 0 N–H and O–H groups in total. The van der Waals surface area contributed by atoms with E-state index in [1.54, 1.807) is 17.0 Å². The Hall–Kier alpha value is -4.01. The third kappa shape index (κ3) is 4.61. The number of carbonyl (C=O) groups excluding carboxylic acids is 1. The van der Waals surface area contributed by atoms with Gasteiger partial charge in [-0.25, -0.2) is 4.68 Å². The Morgan fingerprint density at radius 3 is 2.26 bits per heavy atom. The van der Waals surface area contributed by atoms with E-state index < -0.39 is 4.92 Å². The number of hydrogen-bond donors (Lipinski definition) is 0. The molecule has 1 aromatic heterocycles. The molecule has 0 saturated carbocycles. The zero-order valence-corrected chi connectivity index (χ0v) is 16.8. The SMILES string of the molecule is O=C(c1ccc(=O)n(Cc2ccccc2)n1)N1CCN(c2ccc([N+](=O)[O-])cc2)CC1. The van der Waals surface area contributed by atoms with Crippen LogP contribution in [-0.4, -0.2) is 51.7 Å². The third-order valence-electron chi connectivity index (χ3n) is 5.25. The van der Waals surface area contributed by atoms with Crippen LogP contribution in [0.15, 0.2) is 71.5 Å². The Morgan fingerprint density at radius 2 is 1.61 bits per heavy atom. The van der Waals surface area contributed by atoms with Crippen molar-refractivity contribution in [2.75, 3.05) is 31.1 Å². The van der Waals surface area contributed by atoms with E-state index in [-0.39, 0.29) is 22.8 Å². The van der Waals surface area contributed by atoms with Gasteiger partial charge >= 0.3 is 0 Å². The summed E-state index contributed by atoms with van der Waals surface area (Å²) in [4.78, 5) is 39.3. The van der Waals surface area contributed by atoms with Gasteiger partial charge in [0.2, 0.25) is 0 Å². The molecule has 9 heteroatoms. The summed E-state index contributed by atoms with van der Waals surface area (Å²) in [7, 11) is 0. The van der Waals surface area contributed by atoms with Crippen LogP contribution in [0.2, 0.25) is 0 Å². The molecule has 9 nitrogen and oxygen atoms in total. The van der Waals surface area contributed by atoms with Crippen LogP contribution in [0.5, 0.6) is 0 Å². The van der Waals surface area contributed by atoms with Gasteiger partial charge in [0.1, 0.15) is 5.69 Å². The number of anilines is 1. The molecule has 31 heavy (non-hydrogen) atoms. The molecule has 0 radical (unpaired) electrons.